The number of piperazine rings is 1. The van der Waals surface area contributed by atoms with Gasteiger partial charge in [0.2, 0.25) is 0 Å². The van der Waals surface area contributed by atoms with Gasteiger partial charge in [0.15, 0.2) is 5.96 Å². The number of rotatable bonds is 4. The summed E-state index contributed by atoms with van der Waals surface area (Å²) in [7, 11) is 1.76. The molecule has 3 rings (SSSR count). The first-order valence-electron chi connectivity index (χ1n) is 9.47. The number of nitrogens with zero attached hydrogens (tertiary/aromatic N) is 3. The second-order valence-electron chi connectivity index (χ2n) is 6.92. The van der Waals surface area contributed by atoms with E-state index in [1.807, 2.05) is 4.90 Å². The van der Waals surface area contributed by atoms with E-state index in [2.05, 4.69) is 15.2 Å². The van der Waals surface area contributed by atoms with Crippen LogP contribution < -0.4 is 10.2 Å². The maximum atomic E-state index is 12.9. The van der Waals surface area contributed by atoms with Gasteiger partial charge in [-0.15, -0.1) is 0 Å². The molecule has 0 saturated carbocycles. The standard InChI is InChI=1S/C19H27F3N4O/c1-23-18(24-8-7-17-6-3-13-27-17)26-11-9-25(10-12-26)16-5-2-4-15(14-16)19(20,21)22/h2,4-5,14,17H,3,6-13H2,1H3,(H,23,24). The summed E-state index contributed by atoms with van der Waals surface area (Å²) in [5.41, 5.74) is 0.0137. The summed E-state index contributed by atoms with van der Waals surface area (Å²) in [6.45, 7) is 4.43. The molecule has 0 spiro atoms. The highest BCUT2D eigenvalue weighted by atomic mass is 19.4. The van der Waals surface area contributed by atoms with Gasteiger partial charge in [-0.25, -0.2) is 0 Å². The zero-order chi connectivity index (χ0) is 19.3. The third-order valence-corrected chi connectivity index (χ3v) is 5.10. The molecule has 1 N–H and O–H groups in total. The summed E-state index contributed by atoms with van der Waals surface area (Å²) in [6.07, 6.45) is -0.753. The lowest BCUT2D eigenvalue weighted by Crippen LogP contribution is -2.52. The van der Waals surface area contributed by atoms with Crippen LogP contribution in [0.4, 0.5) is 18.9 Å². The molecule has 2 aliphatic heterocycles. The molecule has 2 saturated heterocycles. The van der Waals surface area contributed by atoms with Crippen molar-refractivity contribution in [1.29, 1.82) is 0 Å². The largest absolute Gasteiger partial charge is 0.416 e. The molecule has 0 aromatic heterocycles. The summed E-state index contributed by atoms with van der Waals surface area (Å²) >= 11 is 0. The number of benzene rings is 1. The quantitative estimate of drug-likeness (QED) is 0.640. The summed E-state index contributed by atoms with van der Waals surface area (Å²) < 4.78 is 44.4. The normalized spacial score (nSPS) is 21.6. The predicted molar refractivity (Wildman–Crippen MR) is 100 cm³/mol. The number of aliphatic imine (C=N–C) groups is 1. The first kappa shape index (κ1) is 19.8. The first-order valence-corrected chi connectivity index (χ1v) is 9.47. The molecule has 8 heteroatoms. The van der Waals surface area contributed by atoms with E-state index in [9.17, 15) is 13.2 Å². The molecule has 5 nitrogen and oxygen atoms in total. The summed E-state index contributed by atoms with van der Waals surface area (Å²) in [4.78, 5) is 8.49. The predicted octanol–water partition coefficient (Wildman–Crippen LogP) is 2.97. The Kier molecular flexibility index (Phi) is 6.46. The van der Waals surface area contributed by atoms with Gasteiger partial charge in [-0.3, -0.25) is 4.99 Å². The number of halogens is 3. The van der Waals surface area contributed by atoms with Crippen LogP contribution in [0.25, 0.3) is 0 Å². The van der Waals surface area contributed by atoms with E-state index in [-0.39, 0.29) is 0 Å². The van der Waals surface area contributed by atoms with E-state index in [0.717, 1.165) is 57.5 Å². The fourth-order valence-corrected chi connectivity index (χ4v) is 3.60. The molecular formula is C19H27F3N4O. The monoisotopic (exact) mass is 384 g/mol. The van der Waals surface area contributed by atoms with E-state index < -0.39 is 11.7 Å². The third kappa shape index (κ3) is 5.28. The van der Waals surface area contributed by atoms with Crippen molar-refractivity contribution >= 4 is 11.6 Å². The molecule has 1 aromatic rings. The average molecular weight is 384 g/mol. The zero-order valence-electron chi connectivity index (χ0n) is 15.6. The number of guanidine groups is 1. The molecule has 2 aliphatic rings. The number of anilines is 1. The van der Waals surface area contributed by atoms with Crippen molar-refractivity contribution in [3.05, 3.63) is 29.8 Å². The number of alkyl halides is 3. The number of ether oxygens (including phenoxy) is 1. The maximum Gasteiger partial charge on any atom is 0.416 e. The highest BCUT2D eigenvalue weighted by Crippen LogP contribution is 2.31. The van der Waals surface area contributed by atoms with Gasteiger partial charge in [-0.2, -0.15) is 13.2 Å². The topological polar surface area (TPSA) is 40.1 Å². The lowest BCUT2D eigenvalue weighted by atomic mass is 10.1. The summed E-state index contributed by atoms with van der Waals surface area (Å²) in [6, 6.07) is 5.54. The minimum atomic E-state index is -4.31. The van der Waals surface area contributed by atoms with Gasteiger partial charge in [-0.1, -0.05) is 6.07 Å². The van der Waals surface area contributed by atoms with Crippen LogP contribution in [0.2, 0.25) is 0 Å². The van der Waals surface area contributed by atoms with Crippen LogP contribution in [0.3, 0.4) is 0 Å². The molecule has 0 amide bonds. The van der Waals surface area contributed by atoms with E-state index in [1.54, 1.807) is 13.1 Å². The Hall–Kier alpha value is -1.96. The fraction of sp³-hybridized carbons (Fsp3) is 0.632. The highest BCUT2D eigenvalue weighted by molar-refractivity contribution is 5.80. The van der Waals surface area contributed by atoms with Crippen LogP contribution in [-0.4, -0.2) is 63.3 Å². The molecule has 1 atom stereocenters. The van der Waals surface area contributed by atoms with Crippen molar-refractivity contribution < 1.29 is 17.9 Å². The van der Waals surface area contributed by atoms with Crippen LogP contribution in [0, 0.1) is 0 Å². The van der Waals surface area contributed by atoms with E-state index in [0.29, 0.717) is 24.9 Å². The maximum absolute atomic E-state index is 12.9. The van der Waals surface area contributed by atoms with Gasteiger partial charge in [0.1, 0.15) is 0 Å². The molecule has 1 unspecified atom stereocenters. The van der Waals surface area contributed by atoms with Crippen molar-refractivity contribution in [1.82, 2.24) is 10.2 Å². The van der Waals surface area contributed by atoms with Gasteiger partial charge >= 0.3 is 6.18 Å². The fourth-order valence-electron chi connectivity index (χ4n) is 3.60. The molecule has 2 heterocycles. The second-order valence-corrected chi connectivity index (χ2v) is 6.92. The smallest absolute Gasteiger partial charge is 0.378 e. The van der Waals surface area contributed by atoms with Crippen LogP contribution in [0.15, 0.2) is 29.3 Å². The number of hydrogen-bond donors (Lipinski definition) is 1. The Morgan fingerprint density at radius 3 is 2.67 bits per heavy atom. The average Bonchev–Trinajstić information content (AvgIpc) is 3.18. The van der Waals surface area contributed by atoms with E-state index in [4.69, 9.17) is 4.74 Å². The van der Waals surface area contributed by atoms with Crippen LogP contribution in [-0.2, 0) is 10.9 Å². The van der Waals surface area contributed by atoms with Gasteiger partial charge in [-0.05, 0) is 37.5 Å². The Labute approximate surface area is 158 Å². The summed E-state index contributed by atoms with van der Waals surface area (Å²) in [5, 5.41) is 3.38. The molecule has 0 radical (unpaired) electrons. The lowest BCUT2D eigenvalue weighted by Gasteiger charge is -2.38. The molecule has 1 aromatic carbocycles. The molecule has 0 aliphatic carbocycles. The minimum absolute atomic E-state index is 0.341. The zero-order valence-corrected chi connectivity index (χ0v) is 15.6. The third-order valence-electron chi connectivity index (χ3n) is 5.10. The Balaban J connectivity index is 1.50. The lowest BCUT2D eigenvalue weighted by molar-refractivity contribution is -0.137. The highest BCUT2D eigenvalue weighted by Gasteiger charge is 2.31. The van der Waals surface area contributed by atoms with Gasteiger partial charge in [0.25, 0.3) is 0 Å². The number of hydrogen-bond acceptors (Lipinski definition) is 3. The van der Waals surface area contributed by atoms with Gasteiger partial charge in [0.05, 0.1) is 11.7 Å². The van der Waals surface area contributed by atoms with Crippen molar-refractivity contribution in [3.8, 4) is 0 Å². The first-order chi connectivity index (χ1) is 13.0. The minimum Gasteiger partial charge on any atom is -0.378 e. The van der Waals surface area contributed by atoms with Crippen molar-refractivity contribution in [3.63, 3.8) is 0 Å². The van der Waals surface area contributed by atoms with Crippen LogP contribution in [0.1, 0.15) is 24.8 Å². The van der Waals surface area contributed by atoms with E-state index in [1.165, 1.54) is 12.1 Å². The molecule has 0 bridgehead atoms. The van der Waals surface area contributed by atoms with Gasteiger partial charge in [0, 0.05) is 52.1 Å². The Morgan fingerprint density at radius 1 is 1.26 bits per heavy atom. The summed E-state index contributed by atoms with van der Waals surface area (Å²) in [5.74, 6) is 0.844. The van der Waals surface area contributed by atoms with Crippen molar-refractivity contribution in [2.75, 3.05) is 51.3 Å². The van der Waals surface area contributed by atoms with Crippen molar-refractivity contribution in [2.24, 2.45) is 4.99 Å². The van der Waals surface area contributed by atoms with Crippen molar-refractivity contribution in [2.45, 2.75) is 31.5 Å². The Morgan fingerprint density at radius 2 is 2.04 bits per heavy atom. The van der Waals surface area contributed by atoms with Crippen LogP contribution >= 0.6 is 0 Å². The van der Waals surface area contributed by atoms with Gasteiger partial charge < -0.3 is 19.9 Å². The molecule has 2 fully saturated rings. The van der Waals surface area contributed by atoms with E-state index >= 15 is 0 Å². The SMILES string of the molecule is CN=C(NCCC1CCCO1)N1CCN(c2cccc(C(F)(F)F)c2)CC1. The molecular weight excluding hydrogens is 357 g/mol. The molecule has 150 valence electrons. The number of nitrogens with one attached hydrogen (secondary N) is 1. The second kappa shape index (κ2) is 8.82. The molecule has 27 heavy (non-hydrogen) atoms. The van der Waals surface area contributed by atoms with Crippen LogP contribution in [0.5, 0.6) is 0 Å². The Bertz CT molecular complexity index is 636.